The molecule has 0 saturated heterocycles. The van der Waals surface area contributed by atoms with Crippen LogP contribution >= 0.6 is 15.9 Å². The monoisotopic (exact) mass is 321 g/mol. The lowest BCUT2D eigenvalue weighted by Gasteiger charge is -2.12. The van der Waals surface area contributed by atoms with Crippen molar-refractivity contribution in [1.29, 1.82) is 0 Å². The molecule has 1 heterocycles. The van der Waals surface area contributed by atoms with Crippen molar-refractivity contribution in [2.75, 3.05) is 0 Å². The van der Waals surface area contributed by atoms with Gasteiger partial charge in [0.25, 0.3) is 0 Å². The smallest absolute Gasteiger partial charge is 0.230 e. The van der Waals surface area contributed by atoms with Gasteiger partial charge in [-0.2, -0.15) is 0 Å². The molecule has 0 amide bonds. The number of aromatic nitrogens is 1. The Hall–Kier alpha value is -2.08. The lowest BCUT2D eigenvalue weighted by molar-refractivity contribution is 0.318. The molecule has 0 spiro atoms. The third-order valence-electron chi connectivity index (χ3n) is 2.53. The number of para-hydroxylation sites is 1. The molecule has 0 radical (unpaired) electrons. The zero-order chi connectivity index (χ0) is 13.8. The molecule has 6 heteroatoms. The van der Waals surface area contributed by atoms with Crippen LogP contribution in [0, 0.1) is 6.92 Å². The SMILES string of the molecule is Cc1ccnc(Oc2ccccc2Br)c1/C(N)=N/O. The van der Waals surface area contributed by atoms with Gasteiger partial charge in [-0.25, -0.2) is 4.98 Å². The number of nitrogens with zero attached hydrogens (tertiary/aromatic N) is 2. The standard InChI is InChI=1S/C13H12BrN3O2/c1-8-6-7-16-13(11(8)12(15)17-18)19-10-5-3-2-4-9(10)14/h2-7,18H,1H3,(H2,15,17). The number of ether oxygens (including phenoxy) is 1. The number of halogens is 1. The minimum absolute atomic E-state index is 0.0346. The average molecular weight is 322 g/mol. The molecule has 1 aromatic heterocycles. The summed E-state index contributed by atoms with van der Waals surface area (Å²) in [4.78, 5) is 4.13. The summed E-state index contributed by atoms with van der Waals surface area (Å²) in [7, 11) is 0. The fraction of sp³-hybridized carbons (Fsp3) is 0.0769. The predicted octanol–water partition coefficient (Wildman–Crippen LogP) is 3.04. The van der Waals surface area contributed by atoms with Crippen LogP contribution in [0.1, 0.15) is 11.1 Å². The van der Waals surface area contributed by atoms with Crippen molar-refractivity contribution < 1.29 is 9.94 Å². The van der Waals surface area contributed by atoms with E-state index >= 15 is 0 Å². The molecular formula is C13H12BrN3O2. The molecule has 3 N–H and O–H groups in total. The fourth-order valence-electron chi connectivity index (χ4n) is 1.60. The third kappa shape index (κ3) is 2.85. The highest BCUT2D eigenvalue weighted by Crippen LogP contribution is 2.30. The van der Waals surface area contributed by atoms with E-state index in [2.05, 4.69) is 26.1 Å². The number of benzene rings is 1. The maximum Gasteiger partial charge on any atom is 0.230 e. The Bertz CT molecular complexity index is 629. The summed E-state index contributed by atoms with van der Waals surface area (Å²) < 4.78 is 6.51. The number of pyridine rings is 1. The van der Waals surface area contributed by atoms with E-state index in [1.165, 1.54) is 0 Å². The van der Waals surface area contributed by atoms with Crippen LogP contribution < -0.4 is 10.5 Å². The zero-order valence-corrected chi connectivity index (χ0v) is 11.8. The topological polar surface area (TPSA) is 80.7 Å². The van der Waals surface area contributed by atoms with Gasteiger partial charge in [-0.05, 0) is 46.6 Å². The Morgan fingerprint density at radius 3 is 2.79 bits per heavy atom. The number of hydrogen-bond donors (Lipinski definition) is 2. The predicted molar refractivity (Wildman–Crippen MR) is 75.7 cm³/mol. The molecule has 2 rings (SSSR count). The number of aryl methyl sites for hydroxylation is 1. The minimum atomic E-state index is -0.0346. The van der Waals surface area contributed by atoms with E-state index in [-0.39, 0.29) is 5.84 Å². The molecule has 19 heavy (non-hydrogen) atoms. The van der Waals surface area contributed by atoms with Crippen molar-refractivity contribution >= 4 is 21.8 Å². The van der Waals surface area contributed by atoms with Crippen LogP contribution in [0.4, 0.5) is 0 Å². The second-order valence-electron chi connectivity index (χ2n) is 3.83. The third-order valence-corrected chi connectivity index (χ3v) is 3.19. The first-order chi connectivity index (χ1) is 9.13. The van der Waals surface area contributed by atoms with Crippen LogP contribution in [0.25, 0.3) is 0 Å². The maximum atomic E-state index is 8.83. The number of amidine groups is 1. The molecule has 0 aliphatic rings. The summed E-state index contributed by atoms with van der Waals surface area (Å²) in [5.74, 6) is 0.863. The second-order valence-corrected chi connectivity index (χ2v) is 4.68. The van der Waals surface area contributed by atoms with Gasteiger partial charge < -0.3 is 15.7 Å². The summed E-state index contributed by atoms with van der Waals surface area (Å²) in [5.41, 5.74) is 6.94. The highest BCUT2D eigenvalue weighted by atomic mass is 79.9. The molecule has 0 aliphatic carbocycles. The van der Waals surface area contributed by atoms with Crippen LogP contribution in [0.15, 0.2) is 46.2 Å². The van der Waals surface area contributed by atoms with Crippen molar-refractivity contribution in [2.24, 2.45) is 10.9 Å². The summed E-state index contributed by atoms with van der Waals surface area (Å²) in [6, 6.07) is 9.14. The summed E-state index contributed by atoms with van der Waals surface area (Å²) in [5, 5.41) is 11.8. The van der Waals surface area contributed by atoms with E-state index in [4.69, 9.17) is 15.7 Å². The van der Waals surface area contributed by atoms with Gasteiger partial charge >= 0.3 is 0 Å². The second kappa shape index (κ2) is 5.71. The van der Waals surface area contributed by atoms with Gasteiger partial charge in [-0.1, -0.05) is 17.3 Å². The quantitative estimate of drug-likeness (QED) is 0.394. The van der Waals surface area contributed by atoms with Gasteiger partial charge in [0.05, 0.1) is 10.0 Å². The van der Waals surface area contributed by atoms with E-state index in [0.717, 1.165) is 10.0 Å². The fourth-order valence-corrected chi connectivity index (χ4v) is 1.97. The molecule has 0 bridgehead atoms. The van der Waals surface area contributed by atoms with E-state index < -0.39 is 0 Å². The van der Waals surface area contributed by atoms with Gasteiger partial charge in [0.15, 0.2) is 5.84 Å². The van der Waals surface area contributed by atoms with Crippen molar-refractivity contribution in [1.82, 2.24) is 4.98 Å². The molecule has 5 nitrogen and oxygen atoms in total. The van der Waals surface area contributed by atoms with Gasteiger partial charge in [0, 0.05) is 6.20 Å². The van der Waals surface area contributed by atoms with Gasteiger partial charge in [-0.15, -0.1) is 0 Å². The van der Waals surface area contributed by atoms with Gasteiger partial charge in [0.2, 0.25) is 5.88 Å². The first-order valence-corrected chi connectivity index (χ1v) is 6.28. The molecule has 0 unspecified atom stereocenters. The molecule has 1 aromatic carbocycles. The highest BCUT2D eigenvalue weighted by molar-refractivity contribution is 9.10. The molecule has 98 valence electrons. The van der Waals surface area contributed by atoms with Crippen LogP contribution in [0.5, 0.6) is 11.6 Å². The maximum absolute atomic E-state index is 8.83. The summed E-state index contributed by atoms with van der Waals surface area (Å²) >= 11 is 3.39. The molecule has 2 aromatic rings. The first-order valence-electron chi connectivity index (χ1n) is 5.49. The van der Waals surface area contributed by atoms with Crippen LogP contribution in [0.3, 0.4) is 0 Å². The average Bonchev–Trinajstić information content (AvgIpc) is 2.41. The van der Waals surface area contributed by atoms with Crippen LogP contribution in [-0.2, 0) is 0 Å². The van der Waals surface area contributed by atoms with Crippen molar-refractivity contribution in [2.45, 2.75) is 6.92 Å². The van der Waals surface area contributed by atoms with Crippen molar-refractivity contribution in [3.05, 3.63) is 52.1 Å². The van der Waals surface area contributed by atoms with E-state index in [1.54, 1.807) is 18.3 Å². The van der Waals surface area contributed by atoms with Gasteiger partial charge in [0.1, 0.15) is 5.75 Å². The Morgan fingerprint density at radius 1 is 1.37 bits per heavy atom. The number of oxime groups is 1. The summed E-state index contributed by atoms with van der Waals surface area (Å²) in [6.45, 7) is 1.84. The van der Waals surface area contributed by atoms with E-state index in [9.17, 15) is 0 Å². The Labute approximate surface area is 118 Å². The number of rotatable bonds is 3. The number of hydrogen-bond acceptors (Lipinski definition) is 4. The Balaban J connectivity index is 2.47. The highest BCUT2D eigenvalue weighted by Gasteiger charge is 2.14. The molecular weight excluding hydrogens is 310 g/mol. The van der Waals surface area contributed by atoms with Crippen LogP contribution in [-0.4, -0.2) is 16.0 Å². The Morgan fingerprint density at radius 2 is 2.11 bits per heavy atom. The molecule has 0 saturated carbocycles. The first kappa shape index (κ1) is 13.4. The lowest BCUT2D eigenvalue weighted by Crippen LogP contribution is -2.16. The van der Waals surface area contributed by atoms with Crippen molar-refractivity contribution in [3.8, 4) is 11.6 Å². The largest absolute Gasteiger partial charge is 0.437 e. The number of nitrogens with two attached hydrogens (primary N) is 1. The minimum Gasteiger partial charge on any atom is -0.437 e. The normalized spacial score (nSPS) is 11.4. The zero-order valence-electron chi connectivity index (χ0n) is 10.2. The van der Waals surface area contributed by atoms with E-state index in [1.807, 2.05) is 25.1 Å². The Kier molecular flexibility index (Phi) is 4.01. The molecule has 0 aliphatic heterocycles. The van der Waals surface area contributed by atoms with Crippen LogP contribution in [0.2, 0.25) is 0 Å². The molecule has 0 atom stereocenters. The summed E-state index contributed by atoms with van der Waals surface area (Å²) in [6.07, 6.45) is 1.61. The van der Waals surface area contributed by atoms with Crippen molar-refractivity contribution in [3.63, 3.8) is 0 Å². The van der Waals surface area contributed by atoms with E-state index in [0.29, 0.717) is 17.2 Å². The lowest BCUT2D eigenvalue weighted by atomic mass is 10.1. The molecule has 0 fully saturated rings. The van der Waals surface area contributed by atoms with Gasteiger partial charge in [-0.3, -0.25) is 0 Å².